The Morgan fingerprint density at radius 1 is 0.833 bits per heavy atom. The Kier molecular flexibility index (Phi) is 5.61. The van der Waals surface area contributed by atoms with Crippen molar-refractivity contribution >= 4 is 5.82 Å². The number of anilines is 1. The van der Waals surface area contributed by atoms with E-state index in [1.165, 1.54) is 38.4 Å². The lowest BCUT2D eigenvalue weighted by molar-refractivity contribution is -0.137. The van der Waals surface area contributed by atoms with Crippen LogP contribution in [-0.4, -0.2) is 67.1 Å². The van der Waals surface area contributed by atoms with Crippen molar-refractivity contribution in [1.29, 1.82) is 0 Å². The summed E-state index contributed by atoms with van der Waals surface area (Å²) in [6.45, 7) is 8.15. The molecule has 0 aromatic carbocycles. The summed E-state index contributed by atoms with van der Waals surface area (Å²) in [5, 5.41) is 0. The number of halogens is 3. The molecule has 3 heterocycles. The molecule has 2 saturated heterocycles. The summed E-state index contributed by atoms with van der Waals surface area (Å²) in [5.41, 5.74) is -0.689. The Bertz CT molecular complexity index is 504. The van der Waals surface area contributed by atoms with Crippen molar-refractivity contribution in [3.63, 3.8) is 0 Å². The summed E-state index contributed by atoms with van der Waals surface area (Å²) < 4.78 is 37.8. The Labute approximate surface area is 141 Å². The number of alkyl halides is 3. The van der Waals surface area contributed by atoms with Crippen LogP contribution in [0.15, 0.2) is 18.3 Å². The van der Waals surface area contributed by atoms with Gasteiger partial charge >= 0.3 is 6.18 Å². The number of likely N-dealkylation sites (tertiary alicyclic amines) is 1. The molecule has 0 amide bonds. The van der Waals surface area contributed by atoms with Crippen LogP contribution in [0, 0.1) is 0 Å². The second-order valence-corrected chi connectivity index (χ2v) is 6.63. The van der Waals surface area contributed by atoms with Crippen LogP contribution in [0.5, 0.6) is 0 Å². The van der Waals surface area contributed by atoms with Gasteiger partial charge in [-0.25, -0.2) is 4.98 Å². The number of aromatic nitrogens is 1. The molecule has 1 aromatic rings. The normalized spacial score (nSPS) is 21.2. The topological polar surface area (TPSA) is 22.6 Å². The minimum atomic E-state index is -4.32. The molecule has 0 aliphatic carbocycles. The number of hydrogen-bond donors (Lipinski definition) is 0. The molecule has 24 heavy (non-hydrogen) atoms. The third-order valence-corrected chi connectivity index (χ3v) is 4.95. The van der Waals surface area contributed by atoms with E-state index in [1.54, 1.807) is 0 Å². The van der Waals surface area contributed by atoms with E-state index in [1.807, 2.05) is 0 Å². The van der Waals surface area contributed by atoms with Gasteiger partial charge < -0.3 is 9.80 Å². The van der Waals surface area contributed by atoms with Gasteiger partial charge in [0.2, 0.25) is 0 Å². The predicted molar refractivity (Wildman–Crippen MR) is 88.2 cm³/mol. The van der Waals surface area contributed by atoms with Crippen LogP contribution in [0.1, 0.15) is 24.8 Å². The number of rotatable bonds is 4. The Morgan fingerprint density at radius 3 is 2.00 bits per heavy atom. The lowest BCUT2D eigenvalue weighted by atomic mass is 10.1. The summed E-state index contributed by atoms with van der Waals surface area (Å²) in [7, 11) is 0. The first-order valence-corrected chi connectivity index (χ1v) is 8.75. The summed E-state index contributed by atoms with van der Waals surface area (Å²) in [6, 6.07) is 2.59. The summed E-state index contributed by atoms with van der Waals surface area (Å²) >= 11 is 0. The van der Waals surface area contributed by atoms with E-state index in [0.29, 0.717) is 5.82 Å². The molecular formula is C17H25F3N4. The Morgan fingerprint density at radius 2 is 1.46 bits per heavy atom. The van der Waals surface area contributed by atoms with E-state index in [4.69, 9.17) is 0 Å². The molecule has 3 rings (SSSR count). The van der Waals surface area contributed by atoms with Crippen molar-refractivity contribution in [2.45, 2.75) is 25.4 Å². The number of pyridine rings is 1. The summed E-state index contributed by atoms with van der Waals surface area (Å²) in [6.07, 6.45) is 0.590. The van der Waals surface area contributed by atoms with E-state index >= 15 is 0 Å². The highest BCUT2D eigenvalue weighted by molar-refractivity contribution is 5.40. The fourth-order valence-corrected chi connectivity index (χ4v) is 3.41. The van der Waals surface area contributed by atoms with Crippen molar-refractivity contribution in [2.24, 2.45) is 0 Å². The average molecular weight is 342 g/mol. The van der Waals surface area contributed by atoms with Crippen LogP contribution >= 0.6 is 0 Å². The van der Waals surface area contributed by atoms with Gasteiger partial charge in [-0.2, -0.15) is 13.2 Å². The van der Waals surface area contributed by atoms with Crippen molar-refractivity contribution in [1.82, 2.24) is 14.8 Å². The van der Waals surface area contributed by atoms with Crippen LogP contribution < -0.4 is 4.90 Å². The van der Waals surface area contributed by atoms with Gasteiger partial charge in [0.1, 0.15) is 5.82 Å². The maximum absolute atomic E-state index is 12.6. The van der Waals surface area contributed by atoms with Crippen molar-refractivity contribution in [2.75, 3.05) is 57.3 Å². The lowest BCUT2D eigenvalue weighted by Crippen LogP contribution is -2.49. The number of piperidine rings is 1. The van der Waals surface area contributed by atoms with E-state index in [9.17, 15) is 13.2 Å². The number of piperazine rings is 1. The minimum Gasteiger partial charge on any atom is -0.354 e. The lowest BCUT2D eigenvalue weighted by Gasteiger charge is -2.37. The highest BCUT2D eigenvalue weighted by Crippen LogP contribution is 2.29. The third kappa shape index (κ3) is 4.60. The fourth-order valence-electron chi connectivity index (χ4n) is 3.41. The Balaban J connectivity index is 1.44. The maximum atomic E-state index is 12.6. The van der Waals surface area contributed by atoms with Gasteiger partial charge in [-0.3, -0.25) is 4.90 Å². The molecule has 7 heteroatoms. The van der Waals surface area contributed by atoms with Crippen LogP contribution in [0.25, 0.3) is 0 Å². The SMILES string of the molecule is FC(F)(F)c1ccc(N2CCN(CCN3CCCCC3)CC2)nc1. The van der Waals surface area contributed by atoms with Crippen LogP contribution in [0.3, 0.4) is 0 Å². The molecule has 0 atom stereocenters. The highest BCUT2D eigenvalue weighted by Gasteiger charge is 2.31. The molecule has 2 aliphatic rings. The van der Waals surface area contributed by atoms with E-state index < -0.39 is 11.7 Å². The highest BCUT2D eigenvalue weighted by atomic mass is 19.4. The standard InChI is InChI=1S/C17H25F3N4/c18-17(19,20)15-4-5-16(21-14-15)24-12-10-23(11-13-24)9-8-22-6-2-1-3-7-22/h4-5,14H,1-3,6-13H2. The zero-order chi connectivity index (χ0) is 17.0. The van der Waals surface area contributed by atoms with Crippen LogP contribution in [0.2, 0.25) is 0 Å². The second kappa shape index (κ2) is 7.70. The molecule has 0 spiro atoms. The fraction of sp³-hybridized carbons (Fsp3) is 0.706. The average Bonchev–Trinajstić information content (AvgIpc) is 2.61. The van der Waals surface area contributed by atoms with Gasteiger partial charge in [-0.1, -0.05) is 6.42 Å². The Hall–Kier alpha value is -1.34. The van der Waals surface area contributed by atoms with Gasteiger partial charge in [0.25, 0.3) is 0 Å². The van der Waals surface area contributed by atoms with Crippen molar-refractivity contribution in [3.05, 3.63) is 23.9 Å². The predicted octanol–water partition coefficient (Wildman–Crippen LogP) is 2.71. The molecule has 134 valence electrons. The molecule has 2 aliphatic heterocycles. The van der Waals surface area contributed by atoms with E-state index in [-0.39, 0.29) is 0 Å². The maximum Gasteiger partial charge on any atom is 0.417 e. The molecule has 0 saturated carbocycles. The quantitative estimate of drug-likeness (QED) is 0.839. The molecular weight excluding hydrogens is 317 g/mol. The largest absolute Gasteiger partial charge is 0.417 e. The monoisotopic (exact) mass is 342 g/mol. The van der Waals surface area contributed by atoms with Crippen LogP contribution in [-0.2, 0) is 6.18 Å². The number of hydrogen-bond acceptors (Lipinski definition) is 4. The van der Waals surface area contributed by atoms with Crippen molar-refractivity contribution in [3.8, 4) is 0 Å². The zero-order valence-corrected chi connectivity index (χ0v) is 13.9. The first-order chi connectivity index (χ1) is 11.5. The molecule has 0 N–H and O–H groups in total. The third-order valence-electron chi connectivity index (χ3n) is 4.95. The van der Waals surface area contributed by atoms with Crippen LogP contribution in [0.4, 0.5) is 19.0 Å². The molecule has 0 radical (unpaired) electrons. The molecule has 1 aromatic heterocycles. The van der Waals surface area contributed by atoms with Gasteiger partial charge in [0.15, 0.2) is 0 Å². The van der Waals surface area contributed by atoms with E-state index in [0.717, 1.165) is 51.5 Å². The first kappa shape index (κ1) is 17.5. The van der Waals surface area contributed by atoms with Gasteiger partial charge in [0, 0.05) is 45.5 Å². The molecule has 0 bridgehead atoms. The molecule has 4 nitrogen and oxygen atoms in total. The smallest absolute Gasteiger partial charge is 0.354 e. The van der Waals surface area contributed by atoms with Gasteiger partial charge in [0.05, 0.1) is 5.56 Å². The summed E-state index contributed by atoms with van der Waals surface area (Å²) in [5.74, 6) is 0.638. The van der Waals surface area contributed by atoms with Gasteiger partial charge in [-0.15, -0.1) is 0 Å². The van der Waals surface area contributed by atoms with E-state index in [2.05, 4.69) is 19.7 Å². The second-order valence-electron chi connectivity index (χ2n) is 6.63. The molecule has 2 fully saturated rings. The molecule has 0 unspecified atom stereocenters. The summed E-state index contributed by atoms with van der Waals surface area (Å²) in [4.78, 5) is 11.0. The first-order valence-electron chi connectivity index (χ1n) is 8.75. The van der Waals surface area contributed by atoms with Gasteiger partial charge in [-0.05, 0) is 38.1 Å². The minimum absolute atomic E-state index is 0.638. The zero-order valence-electron chi connectivity index (χ0n) is 13.9. The number of nitrogens with zero attached hydrogens (tertiary/aromatic N) is 4. The van der Waals surface area contributed by atoms with Crippen molar-refractivity contribution < 1.29 is 13.2 Å².